The predicted octanol–water partition coefficient (Wildman–Crippen LogP) is 2.76. The molecule has 0 fully saturated rings. The van der Waals surface area contributed by atoms with Crippen LogP contribution in [0.25, 0.3) is 0 Å². The number of benzene rings is 2. The molecule has 3 aromatic rings. The van der Waals surface area contributed by atoms with E-state index in [9.17, 15) is 0 Å². The number of rotatable bonds is 2. The fraction of sp³-hybridized carbons (Fsp3) is 0.105. The maximum atomic E-state index is 3.20. The second kappa shape index (κ2) is 6.11. The molecule has 0 saturated carbocycles. The predicted molar refractivity (Wildman–Crippen MR) is 83.6 cm³/mol. The SMILES string of the molecule is C[n+]1ccn(Cc2ccc(C#Cc3ccccc3)cc2)c1. The summed E-state index contributed by atoms with van der Waals surface area (Å²) in [5.41, 5.74) is 3.36. The molecule has 0 unspecified atom stereocenters. The van der Waals surface area contributed by atoms with E-state index < -0.39 is 0 Å². The Kier molecular flexibility index (Phi) is 3.84. The Morgan fingerprint density at radius 1 is 0.905 bits per heavy atom. The summed E-state index contributed by atoms with van der Waals surface area (Å²) in [4.78, 5) is 0. The molecule has 102 valence electrons. The summed E-state index contributed by atoms with van der Waals surface area (Å²) in [6.07, 6.45) is 6.19. The van der Waals surface area contributed by atoms with Crippen molar-refractivity contribution in [2.45, 2.75) is 6.54 Å². The van der Waals surface area contributed by atoms with Crippen molar-refractivity contribution in [1.29, 1.82) is 0 Å². The zero-order valence-corrected chi connectivity index (χ0v) is 12.0. The molecular weight excluding hydrogens is 256 g/mol. The number of aryl methyl sites for hydroxylation is 1. The van der Waals surface area contributed by atoms with Crippen molar-refractivity contribution in [3.8, 4) is 11.8 Å². The molecule has 0 atom stereocenters. The summed E-state index contributed by atoms with van der Waals surface area (Å²) in [6.45, 7) is 0.882. The van der Waals surface area contributed by atoms with Gasteiger partial charge in [-0.15, -0.1) is 0 Å². The number of imidazole rings is 1. The number of nitrogens with zero attached hydrogens (tertiary/aromatic N) is 2. The third kappa shape index (κ3) is 3.61. The fourth-order valence-electron chi connectivity index (χ4n) is 2.17. The Labute approximate surface area is 125 Å². The van der Waals surface area contributed by atoms with Crippen LogP contribution in [0.15, 0.2) is 73.3 Å². The van der Waals surface area contributed by atoms with Crippen LogP contribution in [0.1, 0.15) is 16.7 Å². The van der Waals surface area contributed by atoms with Crippen LogP contribution in [0.2, 0.25) is 0 Å². The third-order valence-electron chi connectivity index (χ3n) is 3.27. The average Bonchev–Trinajstić information content (AvgIpc) is 2.93. The number of hydrogen-bond donors (Lipinski definition) is 0. The summed E-state index contributed by atoms with van der Waals surface area (Å²) < 4.78 is 4.20. The van der Waals surface area contributed by atoms with Crippen LogP contribution in [0.4, 0.5) is 0 Å². The molecule has 0 aliphatic rings. The molecule has 0 aliphatic heterocycles. The Hall–Kier alpha value is -2.79. The maximum absolute atomic E-state index is 3.20. The largest absolute Gasteiger partial charge is 0.243 e. The Morgan fingerprint density at radius 3 is 2.19 bits per heavy atom. The molecule has 21 heavy (non-hydrogen) atoms. The topological polar surface area (TPSA) is 8.81 Å². The van der Waals surface area contributed by atoms with Crippen molar-refractivity contribution in [2.24, 2.45) is 7.05 Å². The van der Waals surface area contributed by atoms with Gasteiger partial charge in [0, 0.05) is 11.1 Å². The molecule has 2 nitrogen and oxygen atoms in total. The molecule has 0 aliphatic carbocycles. The van der Waals surface area contributed by atoms with Gasteiger partial charge in [-0.25, -0.2) is 9.13 Å². The van der Waals surface area contributed by atoms with Crippen molar-refractivity contribution < 1.29 is 4.57 Å². The zero-order chi connectivity index (χ0) is 14.5. The van der Waals surface area contributed by atoms with E-state index in [0.29, 0.717) is 0 Å². The summed E-state index contributed by atoms with van der Waals surface area (Å²) in [5.74, 6) is 6.37. The minimum atomic E-state index is 0.882. The smallest absolute Gasteiger partial charge is 0.240 e. The van der Waals surface area contributed by atoms with Crippen LogP contribution < -0.4 is 4.57 Å². The lowest BCUT2D eigenvalue weighted by atomic mass is 10.1. The normalized spacial score (nSPS) is 9.95. The minimum absolute atomic E-state index is 0.882. The van der Waals surface area contributed by atoms with Crippen molar-refractivity contribution in [1.82, 2.24) is 4.57 Å². The van der Waals surface area contributed by atoms with E-state index in [4.69, 9.17) is 0 Å². The molecule has 0 saturated heterocycles. The quantitative estimate of drug-likeness (QED) is 0.501. The van der Waals surface area contributed by atoms with E-state index in [1.54, 1.807) is 0 Å². The average molecular weight is 273 g/mol. The van der Waals surface area contributed by atoms with Crippen LogP contribution in [0.3, 0.4) is 0 Å². The van der Waals surface area contributed by atoms with Gasteiger partial charge in [-0.1, -0.05) is 42.2 Å². The molecule has 1 aromatic heterocycles. The van der Waals surface area contributed by atoms with E-state index in [1.165, 1.54) is 5.56 Å². The van der Waals surface area contributed by atoms with E-state index in [1.807, 2.05) is 48.1 Å². The number of hydrogen-bond acceptors (Lipinski definition) is 0. The molecule has 0 amide bonds. The van der Waals surface area contributed by atoms with Gasteiger partial charge in [0.2, 0.25) is 6.33 Å². The van der Waals surface area contributed by atoms with Crippen molar-refractivity contribution in [3.63, 3.8) is 0 Å². The second-order valence-electron chi connectivity index (χ2n) is 5.06. The van der Waals surface area contributed by atoms with Crippen LogP contribution in [0, 0.1) is 11.8 Å². The first kappa shape index (κ1) is 13.2. The van der Waals surface area contributed by atoms with Crippen LogP contribution >= 0.6 is 0 Å². The lowest BCUT2D eigenvalue weighted by Gasteiger charge is -1.98. The Morgan fingerprint density at radius 2 is 1.57 bits per heavy atom. The lowest BCUT2D eigenvalue weighted by Crippen LogP contribution is -2.23. The van der Waals surface area contributed by atoms with Crippen molar-refractivity contribution >= 4 is 0 Å². The van der Waals surface area contributed by atoms with Crippen LogP contribution in [-0.4, -0.2) is 4.57 Å². The summed E-state index contributed by atoms with van der Waals surface area (Å²) in [7, 11) is 2.03. The van der Waals surface area contributed by atoms with Crippen molar-refractivity contribution in [2.75, 3.05) is 0 Å². The zero-order valence-electron chi connectivity index (χ0n) is 12.0. The summed E-state index contributed by atoms with van der Waals surface area (Å²) >= 11 is 0. The van der Waals surface area contributed by atoms with E-state index >= 15 is 0 Å². The lowest BCUT2D eigenvalue weighted by molar-refractivity contribution is -0.671. The van der Waals surface area contributed by atoms with Gasteiger partial charge >= 0.3 is 0 Å². The third-order valence-corrected chi connectivity index (χ3v) is 3.27. The highest BCUT2D eigenvalue weighted by Gasteiger charge is 2.01. The van der Waals surface area contributed by atoms with Gasteiger partial charge in [0.1, 0.15) is 18.9 Å². The molecule has 2 heteroatoms. The summed E-state index contributed by atoms with van der Waals surface area (Å²) in [6, 6.07) is 18.5. The molecule has 0 radical (unpaired) electrons. The number of aromatic nitrogens is 2. The van der Waals surface area contributed by atoms with Crippen LogP contribution in [0.5, 0.6) is 0 Å². The van der Waals surface area contributed by atoms with Gasteiger partial charge in [0.25, 0.3) is 0 Å². The highest BCUT2D eigenvalue weighted by atomic mass is 15.1. The molecule has 0 N–H and O–H groups in total. The standard InChI is InChI=1S/C19H17N2/c1-20-13-14-21(16-20)15-19-11-9-18(10-12-19)8-7-17-5-3-2-4-6-17/h2-6,9-14,16H,15H2,1H3/q+1. The highest BCUT2D eigenvalue weighted by Crippen LogP contribution is 2.06. The molecule has 0 spiro atoms. The van der Waals surface area contributed by atoms with E-state index in [2.05, 4.69) is 53.2 Å². The van der Waals surface area contributed by atoms with Gasteiger partial charge in [0.15, 0.2) is 0 Å². The van der Waals surface area contributed by atoms with Gasteiger partial charge < -0.3 is 0 Å². The minimum Gasteiger partial charge on any atom is -0.240 e. The molecule has 0 bridgehead atoms. The van der Waals surface area contributed by atoms with Gasteiger partial charge in [-0.05, 0) is 29.8 Å². The first-order chi connectivity index (χ1) is 10.3. The fourth-order valence-corrected chi connectivity index (χ4v) is 2.17. The summed E-state index contributed by atoms with van der Waals surface area (Å²) in [5, 5.41) is 0. The monoisotopic (exact) mass is 273 g/mol. The maximum Gasteiger partial charge on any atom is 0.243 e. The van der Waals surface area contributed by atoms with Gasteiger partial charge in [-0.2, -0.15) is 0 Å². The molecular formula is C19H17N2+. The first-order valence-electron chi connectivity index (χ1n) is 6.97. The Bertz CT molecular complexity index is 772. The van der Waals surface area contributed by atoms with Crippen LogP contribution in [-0.2, 0) is 13.6 Å². The van der Waals surface area contributed by atoms with Gasteiger partial charge in [-0.3, -0.25) is 0 Å². The Balaban J connectivity index is 1.71. The van der Waals surface area contributed by atoms with Gasteiger partial charge in [0.05, 0.1) is 7.05 Å². The molecule has 3 rings (SSSR count). The van der Waals surface area contributed by atoms with E-state index in [-0.39, 0.29) is 0 Å². The molecule has 2 aromatic carbocycles. The molecule has 1 heterocycles. The second-order valence-corrected chi connectivity index (χ2v) is 5.06. The first-order valence-corrected chi connectivity index (χ1v) is 6.97. The van der Waals surface area contributed by atoms with E-state index in [0.717, 1.165) is 17.7 Å². The highest BCUT2D eigenvalue weighted by molar-refractivity contribution is 5.43. The van der Waals surface area contributed by atoms with Crippen molar-refractivity contribution in [3.05, 3.63) is 90.0 Å².